The first kappa shape index (κ1) is 25.9. The van der Waals surface area contributed by atoms with E-state index in [2.05, 4.69) is 62.3 Å². The molecular weight excluding hydrogens is 344 g/mol. The number of rotatable bonds is 0. The highest BCUT2D eigenvalue weighted by Gasteiger charge is 1.84. The maximum atomic E-state index is 8.86. The Morgan fingerprint density at radius 3 is 0.778 bits per heavy atom. The lowest BCUT2D eigenvalue weighted by molar-refractivity contribution is 0.221. The second-order valence-electron chi connectivity index (χ2n) is 1.58. The molecule has 0 aromatic heterocycles. The van der Waals surface area contributed by atoms with E-state index in [1.54, 1.807) is 0 Å². The van der Waals surface area contributed by atoms with Crippen LogP contribution in [0.15, 0.2) is 0 Å². The van der Waals surface area contributed by atoms with E-state index in [1.165, 1.54) is 0 Å². The molecule has 0 saturated carbocycles. The molecule has 0 saturated heterocycles. The van der Waals surface area contributed by atoms with E-state index < -0.39 is 15.9 Å². The first-order chi connectivity index (χ1) is 7.84. The van der Waals surface area contributed by atoms with Crippen LogP contribution in [0, 0.1) is 0 Å². The Kier molecular flexibility index (Phi) is 26.8. The van der Waals surface area contributed by atoms with Gasteiger partial charge in [0.2, 0.25) is 0 Å². The summed E-state index contributed by atoms with van der Waals surface area (Å²) in [6, 6.07) is 0. The zero-order valence-corrected chi connectivity index (χ0v) is 12.7. The summed E-state index contributed by atoms with van der Waals surface area (Å²) in [7, 11) is 0. The van der Waals surface area contributed by atoms with Gasteiger partial charge in [-0.3, -0.25) is 0 Å². The van der Waals surface area contributed by atoms with E-state index in [1.807, 2.05) is 0 Å². The molecular formula is C5H10N2O6S5. The number of thiol groups is 3. The standard InChI is InChI=1S/C2H4N2S2.3CH2O2S/c3-1(5)2(4)6;3*2-1(3)4/h(H2,3,5)(H2,4,6);3*4H,(H,2,3). The average Bonchev–Trinajstić information content (AvgIpc) is 1.99. The van der Waals surface area contributed by atoms with E-state index >= 15 is 0 Å². The number of hydrogen-bond donors (Lipinski definition) is 8. The van der Waals surface area contributed by atoms with Crippen molar-refractivity contribution in [2.45, 2.75) is 0 Å². The zero-order valence-electron chi connectivity index (χ0n) is 8.38. The van der Waals surface area contributed by atoms with Crippen LogP contribution in [0.25, 0.3) is 0 Å². The number of nitrogens with two attached hydrogens (primary N) is 2. The minimum atomic E-state index is -1.14. The normalized spacial score (nSPS) is 6.61. The topological polar surface area (TPSA) is 164 Å². The summed E-state index contributed by atoms with van der Waals surface area (Å²) in [6.07, 6.45) is 0. The lowest BCUT2D eigenvalue weighted by Gasteiger charge is -1.84. The van der Waals surface area contributed by atoms with Crippen LogP contribution in [0.5, 0.6) is 0 Å². The minimum Gasteiger partial charge on any atom is -0.473 e. The van der Waals surface area contributed by atoms with Gasteiger partial charge in [-0.15, -0.1) is 0 Å². The maximum absolute atomic E-state index is 8.86. The van der Waals surface area contributed by atoms with Crippen LogP contribution < -0.4 is 11.5 Å². The molecule has 0 rings (SSSR count). The SMILES string of the molecule is NC(=S)C(N)=S.O=C(O)S.O=C(O)S.O=C(O)S. The highest BCUT2D eigenvalue weighted by Crippen LogP contribution is 1.67. The molecule has 0 unspecified atom stereocenters. The van der Waals surface area contributed by atoms with E-state index in [-0.39, 0.29) is 9.98 Å². The van der Waals surface area contributed by atoms with E-state index in [0.29, 0.717) is 0 Å². The van der Waals surface area contributed by atoms with Crippen LogP contribution in [0.3, 0.4) is 0 Å². The molecule has 0 radical (unpaired) electrons. The van der Waals surface area contributed by atoms with Crippen LogP contribution in [0.1, 0.15) is 0 Å². The number of carbonyl (C=O) groups is 3. The van der Waals surface area contributed by atoms with Gasteiger partial charge in [-0.05, 0) is 0 Å². The van der Waals surface area contributed by atoms with Crippen molar-refractivity contribution in [3.05, 3.63) is 0 Å². The third-order valence-electron chi connectivity index (χ3n) is 0.243. The predicted octanol–water partition coefficient (Wildman–Crippen LogP) is 1.34. The maximum Gasteiger partial charge on any atom is 0.361 e. The fraction of sp³-hybridized carbons (Fsp3) is 0. The van der Waals surface area contributed by atoms with Gasteiger partial charge in [0.1, 0.15) is 9.98 Å². The van der Waals surface area contributed by atoms with Gasteiger partial charge in [-0.2, -0.15) is 0 Å². The minimum absolute atomic E-state index is 0.102. The molecule has 0 aromatic rings. The Morgan fingerprint density at radius 1 is 0.722 bits per heavy atom. The van der Waals surface area contributed by atoms with E-state index in [0.717, 1.165) is 0 Å². The van der Waals surface area contributed by atoms with Crippen LogP contribution in [0.2, 0.25) is 0 Å². The smallest absolute Gasteiger partial charge is 0.361 e. The zero-order chi connectivity index (χ0) is 15.9. The molecule has 0 fully saturated rings. The second kappa shape index (κ2) is 18.6. The monoisotopic (exact) mass is 354 g/mol. The summed E-state index contributed by atoms with van der Waals surface area (Å²) >= 11 is 17.3. The van der Waals surface area contributed by atoms with Gasteiger partial charge >= 0.3 is 15.9 Å². The summed E-state index contributed by atoms with van der Waals surface area (Å²) in [5.41, 5.74) is 9.80. The van der Waals surface area contributed by atoms with E-state index in [9.17, 15) is 0 Å². The van der Waals surface area contributed by atoms with Crippen molar-refractivity contribution < 1.29 is 29.7 Å². The van der Waals surface area contributed by atoms with Crippen molar-refractivity contribution in [1.29, 1.82) is 0 Å². The molecule has 8 nitrogen and oxygen atoms in total. The molecule has 0 aliphatic carbocycles. The highest BCUT2D eigenvalue weighted by molar-refractivity contribution is 7.96. The molecule has 18 heavy (non-hydrogen) atoms. The third-order valence-corrected chi connectivity index (χ3v) is 0.812. The van der Waals surface area contributed by atoms with Crippen LogP contribution in [0.4, 0.5) is 14.4 Å². The molecule has 13 heteroatoms. The Bertz CT molecular complexity index is 256. The van der Waals surface area contributed by atoms with Gasteiger partial charge in [0.15, 0.2) is 0 Å². The van der Waals surface area contributed by atoms with Crippen molar-refractivity contribution in [1.82, 2.24) is 0 Å². The van der Waals surface area contributed by atoms with Gasteiger partial charge < -0.3 is 26.8 Å². The highest BCUT2D eigenvalue weighted by atomic mass is 32.1. The molecule has 7 N–H and O–H groups in total. The molecule has 0 atom stereocenters. The summed E-state index contributed by atoms with van der Waals surface area (Å²) in [5.74, 6) is 0. The molecule has 0 aromatic carbocycles. The van der Waals surface area contributed by atoms with Gasteiger partial charge in [-0.25, -0.2) is 14.4 Å². The van der Waals surface area contributed by atoms with Crippen LogP contribution in [-0.4, -0.2) is 41.2 Å². The molecule has 0 bridgehead atoms. The molecule has 0 heterocycles. The van der Waals surface area contributed by atoms with Crippen molar-refractivity contribution in [3.63, 3.8) is 0 Å². The number of thiocarbonyl (C=S) groups is 2. The van der Waals surface area contributed by atoms with Crippen molar-refractivity contribution in [3.8, 4) is 0 Å². The first-order valence-corrected chi connectivity index (χ1v) is 5.35. The number of hydrogen-bond acceptors (Lipinski definition) is 5. The Balaban J connectivity index is -0.0000000742. The second-order valence-corrected chi connectivity index (χ2v) is 3.60. The van der Waals surface area contributed by atoms with Crippen molar-refractivity contribution >= 4 is 88.2 Å². The lowest BCUT2D eigenvalue weighted by atomic mass is 10.7. The first-order valence-electron chi connectivity index (χ1n) is 3.19. The Hall–Kier alpha value is -0.760. The van der Waals surface area contributed by atoms with E-state index in [4.69, 9.17) is 41.2 Å². The fourth-order valence-corrected chi connectivity index (χ4v) is 0. The molecule has 0 spiro atoms. The summed E-state index contributed by atoms with van der Waals surface area (Å²) in [5, 5.41) is 18.4. The number of carboxylic acid groups (broad SMARTS) is 3. The summed E-state index contributed by atoms with van der Waals surface area (Å²) < 4.78 is 0. The van der Waals surface area contributed by atoms with Crippen molar-refractivity contribution in [2.24, 2.45) is 11.5 Å². The van der Waals surface area contributed by atoms with Gasteiger partial charge in [-0.1, -0.05) is 62.3 Å². The van der Waals surface area contributed by atoms with Crippen LogP contribution in [-0.2, 0) is 0 Å². The summed E-state index contributed by atoms with van der Waals surface area (Å²) in [4.78, 5) is 26.8. The average molecular weight is 354 g/mol. The Morgan fingerprint density at radius 2 is 0.778 bits per heavy atom. The fourth-order valence-electron chi connectivity index (χ4n) is 0. The van der Waals surface area contributed by atoms with Gasteiger partial charge in [0, 0.05) is 0 Å². The van der Waals surface area contributed by atoms with Crippen LogP contribution >= 0.6 is 62.3 Å². The largest absolute Gasteiger partial charge is 0.473 e. The molecule has 0 amide bonds. The summed E-state index contributed by atoms with van der Waals surface area (Å²) in [6.45, 7) is 0. The third kappa shape index (κ3) is 294. The lowest BCUT2D eigenvalue weighted by Crippen LogP contribution is -2.26. The predicted molar refractivity (Wildman–Crippen MR) is 84.6 cm³/mol. The Labute approximate surface area is 129 Å². The van der Waals surface area contributed by atoms with Gasteiger partial charge in [0.05, 0.1) is 0 Å². The quantitative estimate of drug-likeness (QED) is 0.235. The van der Waals surface area contributed by atoms with Gasteiger partial charge in [0.25, 0.3) is 0 Å². The molecule has 0 aliphatic rings. The van der Waals surface area contributed by atoms with Crippen molar-refractivity contribution in [2.75, 3.05) is 0 Å². The molecule has 0 aliphatic heterocycles. The molecule has 106 valence electrons.